The number of fused-ring (bicyclic) bond motifs is 6. The highest BCUT2D eigenvalue weighted by atomic mass is 14.8. The van der Waals surface area contributed by atoms with Crippen LogP contribution in [0, 0.1) is 0 Å². The smallest absolute Gasteiger partial charge is 0.0788 e. The van der Waals surface area contributed by atoms with Crippen molar-refractivity contribution in [1.29, 1.82) is 0 Å². The Morgan fingerprint density at radius 3 is 2.12 bits per heavy atom. The molecule has 188 valence electrons. The molecule has 0 saturated carbocycles. The van der Waals surface area contributed by atoms with E-state index in [1.807, 2.05) is 24.5 Å². The molecule has 7 aromatic rings. The van der Waals surface area contributed by atoms with E-state index in [0.717, 1.165) is 52.0 Å². The molecule has 0 spiro atoms. The normalized spacial score (nSPS) is 13.6. The topological polar surface area (TPSA) is 38.1 Å². The van der Waals surface area contributed by atoms with Crippen molar-refractivity contribution in [3.05, 3.63) is 139 Å². The van der Waals surface area contributed by atoms with E-state index in [2.05, 4.69) is 108 Å². The third kappa shape index (κ3) is 3.70. The predicted octanol–water partition coefficient (Wildman–Crippen LogP) is 9.38. The highest BCUT2D eigenvalue weighted by Gasteiger charge is 2.20. The summed E-state index contributed by atoms with van der Waals surface area (Å²) in [7, 11) is 0. The molecule has 3 heterocycles. The molecule has 40 heavy (non-hydrogen) atoms. The van der Waals surface area contributed by atoms with Gasteiger partial charge >= 0.3 is 0 Å². The van der Waals surface area contributed by atoms with Crippen LogP contribution in [0.3, 0.4) is 0 Å². The van der Waals surface area contributed by atoms with Gasteiger partial charge in [0.1, 0.15) is 0 Å². The number of hydrogen-bond donors (Lipinski definition) is 0. The van der Waals surface area contributed by atoms with Crippen LogP contribution in [0.1, 0.15) is 24.0 Å². The lowest BCUT2D eigenvalue weighted by atomic mass is 9.89. The number of aromatic nitrogens is 2. The quantitative estimate of drug-likeness (QED) is 0.175. The average Bonchev–Trinajstić information content (AvgIpc) is 3.04. The zero-order chi connectivity index (χ0) is 26.5. The van der Waals surface area contributed by atoms with Crippen LogP contribution in [0.2, 0.25) is 0 Å². The monoisotopic (exact) mass is 511 g/mol. The lowest BCUT2D eigenvalue weighted by Crippen LogP contribution is -2.07. The highest BCUT2D eigenvalue weighted by molar-refractivity contribution is 6.28. The average molecular weight is 512 g/mol. The number of hydrogen-bond acceptors (Lipinski definition) is 3. The largest absolute Gasteiger partial charge is 0.265 e. The zero-order valence-corrected chi connectivity index (χ0v) is 21.9. The van der Waals surface area contributed by atoms with Crippen molar-refractivity contribution < 1.29 is 0 Å². The second kappa shape index (κ2) is 9.25. The molecule has 0 radical (unpaired) electrons. The van der Waals surface area contributed by atoms with Crippen molar-refractivity contribution in [3.63, 3.8) is 0 Å². The molecule has 1 aliphatic heterocycles. The molecule has 0 saturated heterocycles. The lowest BCUT2D eigenvalue weighted by Gasteiger charge is -2.19. The minimum Gasteiger partial charge on any atom is -0.265 e. The minimum absolute atomic E-state index is 0.899. The van der Waals surface area contributed by atoms with Gasteiger partial charge in [0.15, 0.2) is 0 Å². The van der Waals surface area contributed by atoms with Crippen molar-refractivity contribution in [2.24, 2.45) is 4.99 Å². The van der Waals surface area contributed by atoms with Gasteiger partial charge in [-0.2, -0.15) is 0 Å². The van der Waals surface area contributed by atoms with E-state index in [-0.39, 0.29) is 0 Å². The van der Waals surface area contributed by atoms with Crippen LogP contribution in [-0.2, 0) is 0 Å². The number of rotatable bonds is 3. The molecule has 3 heteroatoms. The summed E-state index contributed by atoms with van der Waals surface area (Å²) in [5.41, 5.74) is 7.55. The number of benzene rings is 5. The Morgan fingerprint density at radius 2 is 1.30 bits per heavy atom. The Morgan fingerprint density at radius 1 is 0.575 bits per heavy atom. The van der Waals surface area contributed by atoms with Crippen molar-refractivity contribution >= 4 is 54.6 Å². The summed E-state index contributed by atoms with van der Waals surface area (Å²) in [5, 5.41) is 8.47. The van der Waals surface area contributed by atoms with Crippen LogP contribution in [0.5, 0.6) is 0 Å². The van der Waals surface area contributed by atoms with E-state index in [1.54, 1.807) is 0 Å². The molecule has 5 aromatic carbocycles. The van der Waals surface area contributed by atoms with Crippen molar-refractivity contribution in [2.75, 3.05) is 0 Å². The maximum absolute atomic E-state index is 5.32. The first kappa shape index (κ1) is 22.8. The first-order valence-corrected chi connectivity index (χ1v) is 13.8. The van der Waals surface area contributed by atoms with Gasteiger partial charge < -0.3 is 0 Å². The maximum Gasteiger partial charge on any atom is 0.0788 e. The van der Waals surface area contributed by atoms with Crippen molar-refractivity contribution in [3.8, 4) is 11.3 Å². The molecule has 1 aliphatic rings. The van der Waals surface area contributed by atoms with Crippen LogP contribution in [-0.4, -0.2) is 15.7 Å². The third-order valence-electron chi connectivity index (χ3n) is 7.97. The molecule has 8 rings (SSSR count). The molecule has 0 atom stereocenters. The molecule has 2 aromatic heterocycles. The summed E-state index contributed by atoms with van der Waals surface area (Å²) < 4.78 is 0. The number of aliphatic imine (C=N–C) groups is 1. The van der Waals surface area contributed by atoms with E-state index in [4.69, 9.17) is 9.98 Å². The Labute approximate surface area is 232 Å². The molecule has 3 nitrogen and oxygen atoms in total. The first-order chi connectivity index (χ1) is 19.8. The van der Waals surface area contributed by atoms with Gasteiger partial charge in [0.05, 0.1) is 16.9 Å². The van der Waals surface area contributed by atoms with E-state index < -0.39 is 0 Å². The Bertz CT molecular complexity index is 2140. The molecule has 0 amide bonds. The summed E-state index contributed by atoms with van der Waals surface area (Å²) >= 11 is 0. The summed E-state index contributed by atoms with van der Waals surface area (Å²) in [6.07, 6.45) is 7.75. The van der Waals surface area contributed by atoms with Gasteiger partial charge in [-0.1, -0.05) is 84.9 Å². The van der Waals surface area contributed by atoms with Crippen molar-refractivity contribution in [1.82, 2.24) is 9.97 Å². The highest BCUT2D eigenvalue weighted by Crippen LogP contribution is 2.40. The van der Waals surface area contributed by atoms with Crippen LogP contribution >= 0.6 is 0 Å². The second-order valence-corrected chi connectivity index (χ2v) is 10.4. The fourth-order valence-electron chi connectivity index (χ4n) is 6.10. The molecule has 0 N–H and O–H groups in total. The summed E-state index contributed by atoms with van der Waals surface area (Å²) in [6.45, 7) is 0. The van der Waals surface area contributed by atoms with Crippen molar-refractivity contribution in [2.45, 2.75) is 12.8 Å². The Kier molecular flexibility index (Phi) is 5.27. The number of allylic oxidation sites excluding steroid dienone is 1. The SMILES string of the molecule is C1=C(c2ccncc2)N=C(c2cc3c(-c4ccccc4)nc4cc5ccccc5cc4c3c3ccccc23)CC1. The van der Waals surface area contributed by atoms with Crippen LogP contribution in [0.25, 0.3) is 60.2 Å². The fourth-order valence-corrected chi connectivity index (χ4v) is 6.10. The fraction of sp³-hybridized carbons (Fsp3) is 0.0541. The van der Waals surface area contributed by atoms with Crippen LogP contribution in [0.15, 0.2) is 133 Å². The zero-order valence-electron chi connectivity index (χ0n) is 21.9. The van der Waals surface area contributed by atoms with E-state index in [1.165, 1.54) is 37.9 Å². The maximum atomic E-state index is 5.32. The standard InChI is InChI=1S/C37H25N3/c1-2-9-25(10-3-1)37-32-23-30(34-16-8-15-33(39-34)24-17-19-38-20-18-24)28-13-6-7-14-29(28)36(32)31-21-26-11-4-5-12-27(26)22-35(31)40-37/h1-7,9-15,17-23H,8,16H2. The summed E-state index contributed by atoms with van der Waals surface area (Å²) in [6, 6.07) is 38.8. The Hall–Kier alpha value is -5.15. The number of pyridine rings is 2. The molecule has 0 fully saturated rings. The second-order valence-electron chi connectivity index (χ2n) is 10.4. The van der Waals surface area contributed by atoms with Gasteiger partial charge in [-0.15, -0.1) is 0 Å². The van der Waals surface area contributed by atoms with Crippen LogP contribution in [0.4, 0.5) is 0 Å². The van der Waals surface area contributed by atoms with Gasteiger partial charge in [0.2, 0.25) is 0 Å². The Balaban J connectivity index is 1.49. The van der Waals surface area contributed by atoms with Gasteiger partial charge in [0, 0.05) is 51.0 Å². The molecular formula is C37H25N3. The number of nitrogens with zero attached hydrogens (tertiary/aromatic N) is 3. The van der Waals surface area contributed by atoms with E-state index in [9.17, 15) is 0 Å². The third-order valence-corrected chi connectivity index (χ3v) is 7.97. The molecular weight excluding hydrogens is 486 g/mol. The van der Waals surface area contributed by atoms with Gasteiger partial charge in [-0.05, 0) is 64.7 Å². The van der Waals surface area contributed by atoms with Gasteiger partial charge in [0.25, 0.3) is 0 Å². The van der Waals surface area contributed by atoms with Gasteiger partial charge in [-0.3, -0.25) is 9.98 Å². The first-order valence-electron chi connectivity index (χ1n) is 13.8. The summed E-state index contributed by atoms with van der Waals surface area (Å²) in [5.74, 6) is 0. The predicted molar refractivity (Wildman–Crippen MR) is 168 cm³/mol. The molecule has 0 unspecified atom stereocenters. The lowest BCUT2D eigenvalue weighted by molar-refractivity contribution is 1.07. The van der Waals surface area contributed by atoms with E-state index in [0.29, 0.717) is 0 Å². The summed E-state index contributed by atoms with van der Waals surface area (Å²) in [4.78, 5) is 14.7. The van der Waals surface area contributed by atoms with E-state index >= 15 is 0 Å². The molecule has 0 aliphatic carbocycles. The minimum atomic E-state index is 0.899. The van der Waals surface area contributed by atoms with Crippen LogP contribution < -0.4 is 0 Å². The molecule has 0 bridgehead atoms. The van der Waals surface area contributed by atoms with Gasteiger partial charge in [-0.25, -0.2) is 4.98 Å².